The Morgan fingerprint density at radius 1 is 1.09 bits per heavy atom. The summed E-state index contributed by atoms with van der Waals surface area (Å²) in [6, 6.07) is 13.5. The molecule has 11 heteroatoms. The van der Waals surface area contributed by atoms with Crippen molar-refractivity contribution in [1.82, 2.24) is 19.7 Å². The summed E-state index contributed by atoms with van der Waals surface area (Å²) in [5.41, 5.74) is 2.26. The minimum atomic E-state index is -3.90. The van der Waals surface area contributed by atoms with Gasteiger partial charge in [-0.3, -0.25) is 9.52 Å². The van der Waals surface area contributed by atoms with Crippen molar-refractivity contribution < 1.29 is 17.6 Å². The molecular formula is C23H19ClFN5O3S. The van der Waals surface area contributed by atoms with Crippen LogP contribution in [0, 0.1) is 5.82 Å². The Morgan fingerprint density at radius 3 is 2.65 bits per heavy atom. The second-order valence-corrected chi connectivity index (χ2v) is 10.1. The molecule has 8 nitrogen and oxygen atoms in total. The van der Waals surface area contributed by atoms with Crippen LogP contribution < -0.4 is 4.72 Å². The van der Waals surface area contributed by atoms with E-state index in [9.17, 15) is 17.6 Å². The number of carbonyl (C=O) groups is 1. The van der Waals surface area contributed by atoms with E-state index in [-0.39, 0.29) is 34.1 Å². The summed E-state index contributed by atoms with van der Waals surface area (Å²) in [4.78, 5) is 15.0. The Morgan fingerprint density at radius 2 is 1.88 bits per heavy atom. The highest BCUT2D eigenvalue weighted by Crippen LogP contribution is 2.30. The van der Waals surface area contributed by atoms with Gasteiger partial charge in [0.15, 0.2) is 11.0 Å². The predicted molar refractivity (Wildman–Crippen MR) is 125 cm³/mol. The number of rotatable bonds is 5. The van der Waals surface area contributed by atoms with E-state index in [1.807, 2.05) is 0 Å². The van der Waals surface area contributed by atoms with Crippen molar-refractivity contribution in [3.63, 3.8) is 0 Å². The number of nitrogens with one attached hydrogen (secondary N) is 1. The molecule has 0 bridgehead atoms. The molecule has 2 aromatic heterocycles. The van der Waals surface area contributed by atoms with Crippen molar-refractivity contribution in [3.8, 4) is 0 Å². The summed E-state index contributed by atoms with van der Waals surface area (Å²) in [6.07, 6.45) is 1.70. The molecule has 1 unspecified atom stereocenters. The van der Waals surface area contributed by atoms with Gasteiger partial charge in [0.1, 0.15) is 11.9 Å². The van der Waals surface area contributed by atoms with E-state index < -0.39 is 16.1 Å². The summed E-state index contributed by atoms with van der Waals surface area (Å²) < 4.78 is 43.8. The maximum atomic E-state index is 14.1. The standard InChI is InChI=1S/C23H19ClFN5O3S/c1-14(30-10-9-18-19(25)3-2-4-20(18)30)23(31)29-12-15-5-6-17(11-16(15)13-29)34(32,33)28-22-8-7-21(24)26-27-22/h2-11,14H,12-13H2,1H3,(H,27,28). The number of carbonyl (C=O) groups excluding carboxylic acids is 1. The molecule has 1 aliphatic rings. The van der Waals surface area contributed by atoms with Crippen LogP contribution in [0.3, 0.4) is 0 Å². The molecular weight excluding hydrogens is 481 g/mol. The number of sulfonamides is 1. The number of amides is 1. The molecule has 1 atom stereocenters. The summed E-state index contributed by atoms with van der Waals surface area (Å²) in [6.45, 7) is 2.40. The van der Waals surface area contributed by atoms with Crippen molar-refractivity contribution in [2.75, 3.05) is 4.72 Å². The minimum Gasteiger partial charge on any atom is -0.335 e. The van der Waals surface area contributed by atoms with E-state index in [0.717, 1.165) is 11.1 Å². The van der Waals surface area contributed by atoms with Gasteiger partial charge >= 0.3 is 0 Å². The van der Waals surface area contributed by atoms with Gasteiger partial charge < -0.3 is 9.47 Å². The molecule has 0 spiro atoms. The molecule has 2 aromatic carbocycles. The largest absolute Gasteiger partial charge is 0.335 e. The van der Waals surface area contributed by atoms with Crippen LogP contribution in [-0.2, 0) is 27.9 Å². The van der Waals surface area contributed by atoms with Crippen molar-refractivity contribution in [2.24, 2.45) is 0 Å². The average molecular weight is 500 g/mol. The zero-order chi connectivity index (χ0) is 24.0. The van der Waals surface area contributed by atoms with E-state index in [1.165, 1.54) is 24.3 Å². The van der Waals surface area contributed by atoms with Crippen molar-refractivity contribution in [2.45, 2.75) is 31.0 Å². The zero-order valence-electron chi connectivity index (χ0n) is 17.9. The molecule has 1 N–H and O–H groups in total. The highest BCUT2D eigenvalue weighted by Gasteiger charge is 2.29. The number of halogens is 2. The fourth-order valence-corrected chi connectivity index (χ4v) is 5.28. The van der Waals surface area contributed by atoms with Gasteiger partial charge in [0.2, 0.25) is 5.91 Å². The number of anilines is 1. The van der Waals surface area contributed by atoms with E-state index in [1.54, 1.807) is 52.9 Å². The van der Waals surface area contributed by atoms with Gasteiger partial charge in [0.05, 0.1) is 10.4 Å². The lowest BCUT2D eigenvalue weighted by molar-refractivity contribution is -0.134. The summed E-state index contributed by atoms with van der Waals surface area (Å²) in [7, 11) is -3.90. The van der Waals surface area contributed by atoms with Crippen LogP contribution in [0.1, 0.15) is 24.1 Å². The Bertz CT molecular complexity index is 1520. The normalized spacial score (nSPS) is 14.3. The fourth-order valence-electron chi connectivity index (χ4n) is 4.13. The Hall–Kier alpha value is -3.50. The van der Waals surface area contributed by atoms with Crippen LogP contribution >= 0.6 is 11.6 Å². The molecule has 34 heavy (non-hydrogen) atoms. The summed E-state index contributed by atoms with van der Waals surface area (Å²) in [5, 5.41) is 7.95. The molecule has 0 saturated heterocycles. The molecule has 4 aromatic rings. The quantitative estimate of drug-likeness (QED) is 0.445. The van der Waals surface area contributed by atoms with Gasteiger partial charge in [-0.05, 0) is 60.5 Å². The number of benzene rings is 2. The first-order chi connectivity index (χ1) is 16.2. The molecule has 0 fully saturated rings. The van der Waals surface area contributed by atoms with E-state index in [2.05, 4.69) is 14.9 Å². The lowest BCUT2D eigenvalue weighted by Crippen LogP contribution is -2.32. The van der Waals surface area contributed by atoms with Crippen molar-refractivity contribution >= 4 is 44.3 Å². The van der Waals surface area contributed by atoms with E-state index in [4.69, 9.17) is 11.6 Å². The van der Waals surface area contributed by atoms with Crippen molar-refractivity contribution in [1.29, 1.82) is 0 Å². The Balaban J connectivity index is 1.35. The third-order valence-electron chi connectivity index (χ3n) is 5.88. The third-order valence-corrected chi connectivity index (χ3v) is 7.43. The summed E-state index contributed by atoms with van der Waals surface area (Å²) in [5.74, 6) is -0.431. The molecule has 5 rings (SSSR count). The van der Waals surface area contributed by atoms with Crippen LogP contribution in [-0.4, -0.2) is 34.0 Å². The monoisotopic (exact) mass is 499 g/mol. The molecule has 3 heterocycles. The first-order valence-electron chi connectivity index (χ1n) is 10.4. The first-order valence-corrected chi connectivity index (χ1v) is 12.3. The molecule has 1 aliphatic heterocycles. The molecule has 0 radical (unpaired) electrons. The smallest absolute Gasteiger partial charge is 0.263 e. The van der Waals surface area contributed by atoms with Crippen LogP contribution in [0.4, 0.5) is 10.2 Å². The molecule has 0 aliphatic carbocycles. The fraction of sp³-hybridized carbons (Fsp3) is 0.174. The number of hydrogen-bond donors (Lipinski definition) is 1. The lowest BCUT2D eigenvalue weighted by atomic mass is 10.1. The second kappa shape index (κ2) is 8.37. The van der Waals surface area contributed by atoms with Gasteiger partial charge in [-0.1, -0.05) is 23.7 Å². The Labute approximate surface area is 200 Å². The van der Waals surface area contributed by atoms with Crippen molar-refractivity contribution in [3.05, 3.63) is 82.9 Å². The lowest BCUT2D eigenvalue weighted by Gasteiger charge is -2.22. The Kier molecular flexibility index (Phi) is 5.49. The van der Waals surface area contributed by atoms with Gasteiger partial charge in [0.25, 0.3) is 10.0 Å². The minimum absolute atomic E-state index is 0.0471. The molecule has 1 amide bonds. The predicted octanol–water partition coefficient (Wildman–Crippen LogP) is 4.13. The van der Waals surface area contributed by atoms with Gasteiger partial charge in [0, 0.05) is 24.7 Å². The van der Waals surface area contributed by atoms with Crippen LogP contribution in [0.2, 0.25) is 5.15 Å². The van der Waals surface area contributed by atoms with E-state index >= 15 is 0 Å². The van der Waals surface area contributed by atoms with Gasteiger partial charge in [-0.2, -0.15) is 0 Å². The number of nitrogens with zero attached hydrogens (tertiary/aromatic N) is 4. The van der Waals surface area contributed by atoms with Crippen LogP contribution in [0.5, 0.6) is 0 Å². The molecule has 0 saturated carbocycles. The van der Waals surface area contributed by atoms with Crippen LogP contribution in [0.25, 0.3) is 10.9 Å². The van der Waals surface area contributed by atoms with E-state index in [0.29, 0.717) is 17.4 Å². The number of hydrogen-bond acceptors (Lipinski definition) is 5. The third kappa shape index (κ3) is 3.99. The highest BCUT2D eigenvalue weighted by atomic mass is 35.5. The SMILES string of the molecule is CC(C(=O)N1Cc2ccc(S(=O)(=O)Nc3ccc(Cl)nn3)cc2C1)n1ccc2c(F)cccc21. The molecule has 174 valence electrons. The number of aromatic nitrogens is 3. The highest BCUT2D eigenvalue weighted by molar-refractivity contribution is 7.92. The van der Waals surface area contributed by atoms with Gasteiger partial charge in [-0.25, -0.2) is 12.8 Å². The zero-order valence-corrected chi connectivity index (χ0v) is 19.5. The summed E-state index contributed by atoms with van der Waals surface area (Å²) >= 11 is 5.69. The topological polar surface area (TPSA) is 97.2 Å². The maximum Gasteiger partial charge on any atom is 0.263 e. The van der Waals surface area contributed by atoms with Crippen LogP contribution in [0.15, 0.2) is 65.7 Å². The number of fused-ring (bicyclic) bond motifs is 2. The maximum absolute atomic E-state index is 14.1. The second-order valence-electron chi connectivity index (χ2n) is 8.04. The average Bonchev–Trinajstić information content (AvgIpc) is 3.44. The first kappa shape index (κ1) is 22.3. The van der Waals surface area contributed by atoms with Gasteiger partial charge in [-0.15, -0.1) is 10.2 Å².